The maximum atomic E-state index is 11.9. The summed E-state index contributed by atoms with van der Waals surface area (Å²) in [7, 11) is -0.737. The standard InChI is InChI=1S/C10H14N2OS/c13-14(10-3-6-12-7-10)8-9-1-4-11-5-2-9/h1-2,4-5,10,12H,3,6-8H2/t10-,14?/m0/s1. The fraction of sp³-hybridized carbons (Fsp3) is 0.500. The molecule has 0 aliphatic carbocycles. The lowest BCUT2D eigenvalue weighted by Gasteiger charge is -2.07. The van der Waals surface area contributed by atoms with Crippen LogP contribution in [0.3, 0.4) is 0 Å². The van der Waals surface area contributed by atoms with Gasteiger partial charge in [0, 0.05) is 40.7 Å². The van der Waals surface area contributed by atoms with E-state index in [9.17, 15) is 4.21 Å². The summed E-state index contributed by atoms with van der Waals surface area (Å²) in [6.45, 7) is 1.91. The SMILES string of the molecule is O=S(Cc1ccncc1)[C@H]1CCNC1. The molecule has 2 heterocycles. The molecule has 0 aromatic carbocycles. The molecule has 2 rings (SSSR count). The smallest absolute Gasteiger partial charge is 0.0490 e. The highest BCUT2D eigenvalue weighted by atomic mass is 32.2. The molecule has 3 nitrogen and oxygen atoms in total. The summed E-state index contributed by atoms with van der Waals surface area (Å²) in [4.78, 5) is 3.94. The molecule has 4 heteroatoms. The van der Waals surface area contributed by atoms with Gasteiger partial charge in [-0.15, -0.1) is 0 Å². The van der Waals surface area contributed by atoms with E-state index in [1.807, 2.05) is 12.1 Å². The molecule has 14 heavy (non-hydrogen) atoms. The van der Waals surface area contributed by atoms with E-state index in [0.29, 0.717) is 11.0 Å². The van der Waals surface area contributed by atoms with Crippen molar-refractivity contribution in [2.75, 3.05) is 13.1 Å². The van der Waals surface area contributed by atoms with Crippen molar-refractivity contribution in [1.82, 2.24) is 10.3 Å². The van der Waals surface area contributed by atoms with Gasteiger partial charge in [0.25, 0.3) is 0 Å². The minimum atomic E-state index is -0.737. The Bertz CT molecular complexity index is 309. The highest BCUT2D eigenvalue weighted by Crippen LogP contribution is 2.11. The van der Waals surface area contributed by atoms with E-state index in [4.69, 9.17) is 0 Å². The predicted octanol–water partition coefficient (Wildman–Crippen LogP) is 0.692. The van der Waals surface area contributed by atoms with Gasteiger partial charge in [-0.25, -0.2) is 0 Å². The van der Waals surface area contributed by atoms with Crippen molar-refractivity contribution in [2.45, 2.75) is 17.4 Å². The minimum absolute atomic E-state index is 0.336. The predicted molar refractivity (Wildman–Crippen MR) is 57.4 cm³/mol. The molecular formula is C10H14N2OS. The van der Waals surface area contributed by atoms with Gasteiger partial charge in [-0.3, -0.25) is 9.19 Å². The van der Waals surface area contributed by atoms with E-state index in [0.717, 1.165) is 25.1 Å². The largest absolute Gasteiger partial charge is 0.315 e. The van der Waals surface area contributed by atoms with Gasteiger partial charge in [0.1, 0.15) is 0 Å². The minimum Gasteiger partial charge on any atom is -0.315 e. The van der Waals surface area contributed by atoms with Crippen LogP contribution in [0.1, 0.15) is 12.0 Å². The lowest BCUT2D eigenvalue weighted by molar-refractivity contribution is 0.672. The highest BCUT2D eigenvalue weighted by molar-refractivity contribution is 7.84. The van der Waals surface area contributed by atoms with Crippen molar-refractivity contribution in [3.05, 3.63) is 30.1 Å². The summed E-state index contributed by atoms with van der Waals surface area (Å²) >= 11 is 0. The second-order valence-electron chi connectivity index (χ2n) is 3.50. The van der Waals surface area contributed by atoms with E-state index < -0.39 is 10.8 Å². The number of pyridine rings is 1. The number of hydrogen-bond donors (Lipinski definition) is 1. The van der Waals surface area contributed by atoms with Crippen LogP contribution in [0.4, 0.5) is 0 Å². The summed E-state index contributed by atoms with van der Waals surface area (Å²) in [6, 6.07) is 3.86. The average Bonchev–Trinajstić information content (AvgIpc) is 2.72. The van der Waals surface area contributed by atoms with Gasteiger partial charge in [0.05, 0.1) is 0 Å². The summed E-state index contributed by atoms with van der Waals surface area (Å²) < 4.78 is 11.9. The highest BCUT2D eigenvalue weighted by Gasteiger charge is 2.20. The fourth-order valence-corrected chi connectivity index (χ4v) is 3.05. The topological polar surface area (TPSA) is 42.0 Å². The van der Waals surface area contributed by atoms with Crippen molar-refractivity contribution >= 4 is 10.8 Å². The Balaban J connectivity index is 1.94. The second kappa shape index (κ2) is 4.66. The Kier molecular flexibility index (Phi) is 3.26. The first-order valence-corrected chi connectivity index (χ1v) is 6.21. The average molecular weight is 210 g/mol. The van der Waals surface area contributed by atoms with Gasteiger partial charge in [-0.2, -0.15) is 0 Å². The molecule has 76 valence electrons. The summed E-state index contributed by atoms with van der Waals surface area (Å²) in [6.07, 6.45) is 4.54. The van der Waals surface area contributed by atoms with Crippen LogP contribution in [0.15, 0.2) is 24.5 Å². The molecule has 1 N–H and O–H groups in total. The number of nitrogens with zero attached hydrogens (tertiary/aromatic N) is 1. The van der Waals surface area contributed by atoms with E-state index in [-0.39, 0.29) is 0 Å². The van der Waals surface area contributed by atoms with Crippen LogP contribution in [-0.4, -0.2) is 27.5 Å². The zero-order valence-electron chi connectivity index (χ0n) is 7.98. The van der Waals surface area contributed by atoms with Gasteiger partial charge in [-0.05, 0) is 30.7 Å². The molecule has 1 aromatic rings. The summed E-state index contributed by atoms with van der Waals surface area (Å²) in [5.41, 5.74) is 1.12. The van der Waals surface area contributed by atoms with E-state index in [2.05, 4.69) is 10.3 Å². The third-order valence-corrected chi connectivity index (χ3v) is 4.21. The van der Waals surface area contributed by atoms with Crippen LogP contribution in [0, 0.1) is 0 Å². The fourth-order valence-electron chi connectivity index (χ4n) is 1.61. The molecule has 0 spiro atoms. The summed E-state index contributed by atoms with van der Waals surface area (Å²) in [5.74, 6) is 0.662. The van der Waals surface area contributed by atoms with Crippen LogP contribution < -0.4 is 5.32 Å². The number of nitrogens with one attached hydrogen (secondary N) is 1. The Morgan fingerprint density at radius 2 is 2.29 bits per heavy atom. The second-order valence-corrected chi connectivity index (χ2v) is 5.21. The molecular weight excluding hydrogens is 196 g/mol. The zero-order valence-corrected chi connectivity index (χ0v) is 8.80. The normalized spacial score (nSPS) is 23.6. The van der Waals surface area contributed by atoms with Crippen LogP contribution in [0.25, 0.3) is 0 Å². The molecule has 1 fully saturated rings. The van der Waals surface area contributed by atoms with E-state index in [1.165, 1.54) is 0 Å². The van der Waals surface area contributed by atoms with Crippen LogP contribution >= 0.6 is 0 Å². The number of rotatable bonds is 3. The first-order chi connectivity index (χ1) is 6.86. The lowest BCUT2D eigenvalue weighted by Crippen LogP contribution is -2.19. The van der Waals surface area contributed by atoms with Gasteiger partial charge >= 0.3 is 0 Å². The number of aromatic nitrogens is 1. The third kappa shape index (κ3) is 2.39. The molecule has 1 aromatic heterocycles. The molecule has 0 radical (unpaired) electrons. The zero-order chi connectivity index (χ0) is 9.80. The van der Waals surface area contributed by atoms with Gasteiger partial charge in [-0.1, -0.05) is 0 Å². The molecule has 1 aliphatic heterocycles. The van der Waals surface area contributed by atoms with Crippen molar-refractivity contribution < 1.29 is 4.21 Å². The lowest BCUT2D eigenvalue weighted by atomic mass is 10.3. The molecule has 0 amide bonds. The van der Waals surface area contributed by atoms with Gasteiger partial charge in [0.15, 0.2) is 0 Å². The Morgan fingerprint density at radius 1 is 1.50 bits per heavy atom. The van der Waals surface area contributed by atoms with E-state index >= 15 is 0 Å². The first-order valence-electron chi connectivity index (χ1n) is 4.83. The maximum Gasteiger partial charge on any atom is 0.0490 e. The Labute approximate surface area is 86.4 Å². The monoisotopic (exact) mass is 210 g/mol. The van der Waals surface area contributed by atoms with E-state index in [1.54, 1.807) is 12.4 Å². The van der Waals surface area contributed by atoms with Crippen molar-refractivity contribution in [3.8, 4) is 0 Å². The first kappa shape index (κ1) is 9.80. The van der Waals surface area contributed by atoms with Gasteiger partial charge < -0.3 is 5.32 Å². The Morgan fingerprint density at radius 3 is 2.93 bits per heavy atom. The van der Waals surface area contributed by atoms with Crippen LogP contribution in [0.2, 0.25) is 0 Å². The maximum absolute atomic E-state index is 11.9. The summed E-state index contributed by atoms with van der Waals surface area (Å²) in [5, 5.41) is 3.57. The third-order valence-electron chi connectivity index (χ3n) is 2.45. The molecule has 1 saturated heterocycles. The van der Waals surface area contributed by atoms with Crippen molar-refractivity contribution in [1.29, 1.82) is 0 Å². The van der Waals surface area contributed by atoms with Crippen molar-refractivity contribution in [2.24, 2.45) is 0 Å². The quantitative estimate of drug-likeness (QED) is 0.798. The molecule has 0 bridgehead atoms. The molecule has 0 saturated carbocycles. The van der Waals surface area contributed by atoms with Gasteiger partial charge in [0.2, 0.25) is 0 Å². The molecule has 2 atom stereocenters. The Hall–Kier alpha value is -0.740. The van der Waals surface area contributed by atoms with Crippen LogP contribution in [0.5, 0.6) is 0 Å². The number of hydrogen-bond acceptors (Lipinski definition) is 3. The molecule has 1 aliphatic rings. The van der Waals surface area contributed by atoms with Crippen LogP contribution in [-0.2, 0) is 16.6 Å². The van der Waals surface area contributed by atoms with Crippen molar-refractivity contribution in [3.63, 3.8) is 0 Å². The molecule has 1 unspecified atom stereocenters.